The molecule has 5 aliphatic rings. The van der Waals surface area contributed by atoms with Crippen LogP contribution in [0.1, 0.15) is 46.5 Å². The molecular weight excluding hydrogens is 298 g/mol. The molecule has 1 saturated carbocycles. The van der Waals surface area contributed by atoms with Gasteiger partial charge < -0.3 is 14.4 Å². The fourth-order valence-electron chi connectivity index (χ4n) is 5.42. The van der Waals surface area contributed by atoms with Gasteiger partial charge in [-0.05, 0) is 38.0 Å². The highest BCUT2D eigenvalue weighted by Gasteiger charge is 2.70. The van der Waals surface area contributed by atoms with Gasteiger partial charge in [0, 0.05) is 18.3 Å². The van der Waals surface area contributed by atoms with Crippen LogP contribution < -0.4 is 0 Å². The molecule has 6 heteroatoms. The van der Waals surface area contributed by atoms with Crippen molar-refractivity contribution in [2.24, 2.45) is 23.7 Å². The number of rotatable bonds is 2. The average Bonchev–Trinajstić information content (AvgIpc) is 2.76. The van der Waals surface area contributed by atoms with E-state index in [2.05, 4.69) is 6.92 Å². The Morgan fingerprint density at radius 3 is 2.74 bits per heavy atom. The van der Waals surface area contributed by atoms with Crippen molar-refractivity contribution in [2.45, 2.75) is 64.1 Å². The van der Waals surface area contributed by atoms with Crippen LogP contribution in [0, 0.1) is 23.7 Å². The minimum Gasteiger partial charge on any atom is -0.321 e. The SMILES string of the molecule is C[C@@H]1CCC2[C@@H](C)C(=O)N(CC=O)[C@@H]3O[C@@]4(C)CC[C@@H]1[C@@]23OO4. The molecule has 0 N–H and O–H groups in total. The van der Waals surface area contributed by atoms with Crippen molar-refractivity contribution in [3.8, 4) is 0 Å². The maximum absolute atomic E-state index is 12.8. The quantitative estimate of drug-likeness (QED) is 0.573. The summed E-state index contributed by atoms with van der Waals surface area (Å²) in [5.41, 5.74) is -0.649. The lowest BCUT2D eigenvalue weighted by Gasteiger charge is -2.61. The highest BCUT2D eigenvalue weighted by Crippen LogP contribution is 2.60. The van der Waals surface area contributed by atoms with E-state index in [0.717, 1.165) is 32.0 Å². The van der Waals surface area contributed by atoms with Gasteiger partial charge in [0.1, 0.15) is 6.29 Å². The summed E-state index contributed by atoms with van der Waals surface area (Å²) in [6.07, 6.45) is 3.96. The summed E-state index contributed by atoms with van der Waals surface area (Å²) >= 11 is 0. The fraction of sp³-hybridized carbons (Fsp3) is 0.882. The Morgan fingerprint density at radius 1 is 1.22 bits per heavy atom. The second-order valence-electron chi connectivity index (χ2n) is 7.88. The molecule has 4 saturated heterocycles. The first kappa shape index (κ1) is 15.5. The summed E-state index contributed by atoms with van der Waals surface area (Å²) in [5.74, 6) is -0.201. The summed E-state index contributed by atoms with van der Waals surface area (Å²) < 4.78 is 6.26. The van der Waals surface area contributed by atoms with Gasteiger partial charge in [-0.1, -0.05) is 13.8 Å². The van der Waals surface area contributed by atoms with E-state index >= 15 is 0 Å². The van der Waals surface area contributed by atoms with Crippen LogP contribution >= 0.6 is 0 Å². The van der Waals surface area contributed by atoms with Gasteiger partial charge >= 0.3 is 0 Å². The highest BCUT2D eigenvalue weighted by molar-refractivity contribution is 5.82. The van der Waals surface area contributed by atoms with Gasteiger partial charge in [0.25, 0.3) is 0 Å². The van der Waals surface area contributed by atoms with Crippen molar-refractivity contribution in [3.05, 3.63) is 0 Å². The van der Waals surface area contributed by atoms with Crippen LogP contribution in [0.15, 0.2) is 0 Å². The van der Waals surface area contributed by atoms with Crippen LogP contribution in [-0.4, -0.2) is 41.3 Å². The van der Waals surface area contributed by atoms with Crippen molar-refractivity contribution >= 4 is 12.2 Å². The normalized spacial score (nSPS) is 52.0. The number of piperidine rings is 1. The molecule has 4 aliphatic heterocycles. The van der Waals surface area contributed by atoms with E-state index in [0.29, 0.717) is 5.92 Å². The number of likely N-dealkylation sites (tertiary alicyclic amines) is 1. The molecule has 0 aromatic heterocycles. The number of amides is 1. The minimum atomic E-state index is -0.848. The van der Waals surface area contributed by atoms with Crippen LogP contribution in [-0.2, 0) is 24.1 Å². The molecule has 1 unspecified atom stereocenters. The number of ether oxygens (including phenoxy) is 1. The monoisotopic (exact) mass is 323 g/mol. The van der Waals surface area contributed by atoms with E-state index in [1.165, 1.54) is 0 Å². The lowest BCUT2D eigenvalue weighted by molar-refractivity contribution is -0.547. The Labute approximate surface area is 136 Å². The number of aldehydes is 1. The molecule has 0 aromatic rings. The predicted molar refractivity (Wildman–Crippen MR) is 79.7 cm³/mol. The van der Waals surface area contributed by atoms with E-state index in [9.17, 15) is 9.59 Å². The number of fused-ring (bicyclic) bond motifs is 2. The topological polar surface area (TPSA) is 65.1 Å². The zero-order valence-electron chi connectivity index (χ0n) is 14.0. The lowest BCUT2D eigenvalue weighted by Crippen LogP contribution is -2.75. The minimum absolute atomic E-state index is 0.00854. The van der Waals surface area contributed by atoms with Crippen LogP contribution in [0.3, 0.4) is 0 Å². The summed E-state index contributed by atoms with van der Waals surface area (Å²) in [5, 5.41) is 0. The third-order valence-electron chi connectivity index (χ3n) is 6.63. The Hall–Kier alpha value is -0.980. The van der Waals surface area contributed by atoms with Crippen molar-refractivity contribution in [1.82, 2.24) is 4.90 Å². The smallest absolute Gasteiger partial charge is 0.228 e. The molecule has 1 aliphatic carbocycles. The van der Waals surface area contributed by atoms with Crippen molar-refractivity contribution < 1.29 is 24.1 Å². The van der Waals surface area contributed by atoms with Gasteiger partial charge in [-0.3, -0.25) is 4.79 Å². The number of carbonyl (C=O) groups excluding carboxylic acids is 2. The van der Waals surface area contributed by atoms with E-state index in [4.69, 9.17) is 14.5 Å². The standard InChI is InChI=1S/C17H25NO5/c1-10-4-5-13-11(2)14(20)18(8-9-19)15-17(13)12(10)6-7-16(3,21-15)22-23-17/h9-13,15H,4-8H2,1-3H3/t10-,11-,12+,13?,15-,16-,17-/m1/s1. The molecule has 0 aromatic carbocycles. The highest BCUT2D eigenvalue weighted by atomic mass is 17.3. The zero-order valence-corrected chi connectivity index (χ0v) is 14.0. The van der Waals surface area contributed by atoms with Crippen molar-refractivity contribution in [2.75, 3.05) is 6.54 Å². The van der Waals surface area contributed by atoms with E-state index in [1.807, 2.05) is 13.8 Å². The second-order valence-corrected chi connectivity index (χ2v) is 7.88. The molecule has 1 amide bonds. The predicted octanol–water partition coefficient (Wildman–Crippen LogP) is 1.88. The molecule has 0 radical (unpaired) electrons. The van der Waals surface area contributed by atoms with Gasteiger partial charge in [0.15, 0.2) is 11.8 Å². The first-order chi connectivity index (χ1) is 10.9. The Kier molecular flexibility index (Phi) is 3.38. The third-order valence-corrected chi connectivity index (χ3v) is 6.63. The van der Waals surface area contributed by atoms with E-state index in [1.54, 1.807) is 4.90 Å². The summed E-state index contributed by atoms with van der Waals surface area (Å²) in [4.78, 5) is 37.4. The number of hydrogen-bond acceptors (Lipinski definition) is 5. The Morgan fingerprint density at radius 2 is 2.00 bits per heavy atom. The summed E-state index contributed by atoms with van der Waals surface area (Å²) in [6, 6.07) is 0. The van der Waals surface area contributed by atoms with Gasteiger partial charge in [-0.2, -0.15) is 0 Å². The molecule has 5 rings (SSSR count). The fourth-order valence-corrected chi connectivity index (χ4v) is 5.42. The average molecular weight is 323 g/mol. The van der Waals surface area contributed by atoms with Crippen LogP contribution in [0.2, 0.25) is 0 Å². The molecular formula is C17H25NO5. The first-order valence-electron chi connectivity index (χ1n) is 8.72. The molecule has 7 atom stereocenters. The molecule has 2 bridgehead atoms. The van der Waals surface area contributed by atoms with Gasteiger partial charge in [-0.25, -0.2) is 9.78 Å². The number of carbonyl (C=O) groups is 2. The maximum Gasteiger partial charge on any atom is 0.228 e. The molecule has 128 valence electrons. The summed E-state index contributed by atoms with van der Waals surface area (Å²) in [6.45, 7) is 6.11. The maximum atomic E-state index is 12.8. The van der Waals surface area contributed by atoms with Crippen molar-refractivity contribution in [1.29, 1.82) is 0 Å². The number of hydrogen-bond donors (Lipinski definition) is 0. The number of nitrogens with zero attached hydrogens (tertiary/aromatic N) is 1. The second kappa shape index (κ2) is 5.01. The van der Waals surface area contributed by atoms with E-state index < -0.39 is 17.6 Å². The largest absolute Gasteiger partial charge is 0.321 e. The summed E-state index contributed by atoms with van der Waals surface area (Å²) in [7, 11) is 0. The Balaban J connectivity index is 1.86. The molecule has 4 heterocycles. The van der Waals surface area contributed by atoms with Crippen LogP contribution in [0.25, 0.3) is 0 Å². The molecule has 1 spiro atoms. The van der Waals surface area contributed by atoms with Crippen molar-refractivity contribution in [3.63, 3.8) is 0 Å². The van der Waals surface area contributed by atoms with E-state index in [-0.39, 0.29) is 30.2 Å². The molecule has 23 heavy (non-hydrogen) atoms. The van der Waals surface area contributed by atoms with Crippen LogP contribution in [0.5, 0.6) is 0 Å². The Bertz CT molecular complexity index is 539. The molecule has 5 fully saturated rings. The van der Waals surface area contributed by atoms with Crippen LogP contribution in [0.4, 0.5) is 0 Å². The lowest BCUT2D eigenvalue weighted by atomic mass is 9.57. The zero-order chi connectivity index (χ0) is 16.4. The molecule has 6 nitrogen and oxygen atoms in total. The third kappa shape index (κ3) is 1.91. The van der Waals surface area contributed by atoms with Gasteiger partial charge in [-0.15, -0.1) is 0 Å². The van der Waals surface area contributed by atoms with Gasteiger partial charge in [0.2, 0.25) is 11.7 Å². The van der Waals surface area contributed by atoms with Gasteiger partial charge in [0.05, 0.1) is 6.54 Å². The first-order valence-corrected chi connectivity index (χ1v) is 8.72.